The maximum atomic E-state index is 13.1. The molecule has 3 aromatic rings. The number of hydrazone groups is 1. The van der Waals surface area contributed by atoms with E-state index in [1.54, 1.807) is 12.1 Å². The van der Waals surface area contributed by atoms with Crippen LogP contribution in [0, 0.1) is 11.3 Å². The normalized spacial score (nSPS) is 14.2. The number of ether oxygens (including phenoxy) is 2. The largest absolute Gasteiger partial charge is 0.490 e. The Bertz CT molecular complexity index is 1330. The lowest BCUT2D eigenvalue weighted by Crippen LogP contribution is -2.21. The van der Waals surface area contributed by atoms with Gasteiger partial charge in [-0.25, -0.2) is 0 Å². The van der Waals surface area contributed by atoms with Gasteiger partial charge in [-0.2, -0.15) is 15.4 Å². The SMILES string of the molecule is CCOc1cc(/C=C2/C(=O)N(c3ccccc3)N=C2C)cc(Br)c1OCc1ccccc1C#N. The molecule has 170 valence electrons. The summed E-state index contributed by atoms with van der Waals surface area (Å²) in [6.45, 7) is 4.37. The van der Waals surface area contributed by atoms with Crippen LogP contribution in [0.1, 0.15) is 30.5 Å². The summed E-state index contributed by atoms with van der Waals surface area (Å²) < 4.78 is 12.6. The molecular formula is C27H22BrN3O3. The van der Waals surface area contributed by atoms with E-state index in [9.17, 15) is 10.1 Å². The summed E-state index contributed by atoms with van der Waals surface area (Å²) in [6, 6.07) is 22.5. The van der Waals surface area contributed by atoms with Gasteiger partial charge < -0.3 is 9.47 Å². The monoisotopic (exact) mass is 515 g/mol. The van der Waals surface area contributed by atoms with Gasteiger partial charge in [0.2, 0.25) is 0 Å². The number of halogens is 1. The highest BCUT2D eigenvalue weighted by molar-refractivity contribution is 9.10. The van der Waals surface area contributed by atoms with Crippen molar-refractivity contribution < 1.29 is 14.3 Å². The number of anilines is 1. The predicted molar refractivity (Wildman–Crippen MR) is 136 cm³/mol. The lowest BCUT2D eigenvalue weighted by atomic mass is 10.1. The van der Waals surface area contributed by atoms with Crippen LogP contribution in [-0.4, -0.2) is 18.2 Å². The summed E-state index contributed by atoms with van der Waals surface area (Å²) in [5, 5.41) is 15.2. The third kappa shape index (κ3) is 4.87. The average Bonchev–Trinajstić information content (AvgIpc) is 3.13. The topological polar surface area (TPSA) is 74.9 Å². The molecule has 0 atom stereocenters. The summed E-state index contributed by atoms with van der Waals surface area (Å²) >= 11 is 3.58. The Hall–Kier alpha value is -3.89. The van der Waals surface area contributed by atoms with Gasteiger partial charge >= 0.3 is 0 Å². The van der Waals surface area contributed by atoms with Crippen molar-refractivity contribution in [3.8, 4) is 17.6 Å². The molecular weight excluding hydrogens is 494 g/mol. The molecule has 7 heteroatoms. The van der Waals surface area contributed by atoms with E-state index in [1.807, 2.05) is 74.5 Å². The van der Waals surface area contributed by atoms with Gasteiger partial charge in [-0.3, -0.25) is 4.79 Å². The van der Waals surface area contributed by atoms with E-state index in [0.29, 0.717) is 45.1 Å². The van der Waals surface area contributed by atoms with Crippen molar-refractivity contribution in [3.63, 3.8) is 0 Å². The molecule has 34 heavy (non-hydrogen) atoms. The fourth-order valence-corrected chi connectivity index (χ4v) is 4.15. The van der Waals surface area contributed by atoms with Crippen LogP contribution in [0.4, 0.5) is 5.69 Å². The van der Waals surface area contributed by atoms with E-state index >= 15 is 0 Å². The Morgan fingerprint density at radius 2 is 1.82 bits per heavy atom. The lowest BCUT2D eigenvalue weighted by Gasteiger charge is -2.15. The van der Waals surface area contributed by atoms with Gasteiger partial charge in [0.15, 0.2) is 11.5 Å². The number of hydrogen-bond donors (Lipinski definition) is 0. The molecule has 1 aliphatic heterocycles. The molecule has 0 N–H and O–H groups in total. The molecule has 1 aliphatic rings. The number of amides is 1. The second-order valence-electron chi connectivity index (χ2n) is 7.52. The lowest BCUT2D eigenvalue weighted by molar-refractivity contribution is -0.114. The standard InChI is InChI=1S/C27H22BrN3O3/c1-3-33-25-15-19(13-23-18(2)30-31(27(23)32)22-11-5-4-6-12-22)14-24(28)26(25)34-17-21-10-8-7-9-20(21)16-29/h4-15H,3,17H2,1-2H3/b23-13+. The van der Waals surface area contributed by atoms with Gasteiger partial charge in [-0.15, -0.1) is 0 Å². The van der Waals surface area contributed by atoms with Crippen molar-refractivity contribution in [2.45, 2.75) is 20.5 Å². The molecule has 0 saturated carbocycles. The van der Waals surface area contributed by atoms with Crippen LogP contribution in [0.3, 0.4) is 0 Å². The predicted octanol–water partition coefficient (Wildman–Crippen LogP) is 6.10. The quantitative estimate of drug-likeness (QED) is 0.356. The van der Waals surface area contributed by atoms with Gasteiger partial charge in [0.05, 0.1) is 39.7 Å². The first kappa shape index (κ1) is 23.3. The number of hydrogen-bond acceptors (Lipinski definition) is 5. The molecule has 0 unspecified atom stereocenters. The molecule has 0 saturated heterocycles. The zero-order chi connectivity index (χ0) is 24.1. The highest BCUT2D eigenvalue weighted by atomic mass is 79.9. The Balaban J connectivity index is 1.63. The smallest absolute Gasteiger partial charge is 0.280 e. The minimum Gasteiger partial charge on any atom is -0.490 e. The van der Waals surface area contributed by atoms with Crippen LogP contribution in [0.15, 0.2) is 81.9 Å². The van der Waals surface area contributed by atoms with Crippen LogP contribution in [0.2, 0.25) is 0 Å². The molecule has 3 aromatic carbocycles. The molecule has 0 spiro atoms. The maximum absolute atomic E-state index is 13.1. The van der Waals surface area contributed by atoms with Gasteiger partial charge in [0.1, 0.15) is 6.61 Å². The van der Waals surface area contributed by atoms with E-state index < -0.39 is 0 Å². The fourth-order valence-electron chi connectivity index (χ4n) is 3.57. The minimum absolute atomic E-state index is 0.189. The Kier molecular flexibility index (Phi) is 7.09. The summed E-state index contributed by atoms with van der Waals surface area (Å²) in [5.41, 5.74) is 3.98. The average molecular weight is 516 g/mol. The molecule has 6 nitrogen and oxygen atoms in total. The van der Waals surface area contributed by atoms with Crippen LogP contribution in [0.25, 0.3) is 6.08 Å². The number of para-hydroxylation sites is 1. The van der Waals surface area contributed by atoms with Crippen molar-refractivity contribution >= 4 is 39.3 Å². The molecule has 1 amide bonds. The van der Waals surface area contributed by atoms with E-state index in [4.69, 9.17) is 9.47 Å². The highest BCUT2D eigenvalue weighted by Crippen LogP contribution is 2.38. The molecule has 1 heterocycles. The first-order valence-electron chi connectivity index (χ1n) is 10.8. The molecule has 0 aliphatic carbocycles. The molecule has 0 aromatic heterocycles. The third-order valence-corrected chi connectivity index (χ3v) is 5.80. The van der Waals surface area contributed by atoms with Crippen LogP contribution < -0.4 is 14.5 Å². The van der Waals surface area contributed by atoms with E-state index in [-0.39, 0.29) is 12.5 Å². The van der Waals surface area contributed by atoms with Gasteiger partial charge in [-0.1, -0.05) is 36.4 Å². The number of nitriles is 1. The summed E-state index contributed by atoms with van der Waals surface area (Å²) in [7, 11) is 0. The zero-order valence-corrected chi connectivity index (χ0v) is 20.4. The second kappa shape index (κ2) is 10.4. The number of nitrogens with zero attached hydrogens (tertiary/aromatic N) is 3. The zero-order valence-electron chi connectivity index (χ0n) is 18.8. The van der Waals surface area contributed by atoms with E-state index in [2.05, 4.69) is 27.1 Å². The Morgan fingerprint density at radius 3 is 2.56 bits per heavy atom. The molecule has 0 radical (unpaired) electrons. The van der Waals surface area contributed by atoms with Gasteiger partial charge in [0, 0.05) is 5.56 Å². The van der Waals surface area contributed by atoms with Crippen LogP contribution in [0.5, 0.6) is 11.5 Å². The van der Waals surface area contributed by atoms with Crippen molar-refractivity contribution in [2.75, 3.05) is 11.6 Å². The van der Waals surface area contributed by atoms with Gasteiger partial charge in [0.25, 0.3) is 5.91 Å². The second-order valence-corrected chi connectivity index (χ2v) is 8.37. The Labute approximate surface area is 206 Å². The van der Waals surface area contributed by atoms with Gasteiger partial charge in [-0.05, 0) is 71.7 Å². The first-order chi connectivity index (χ1) is 16.5. The summed E-state index contributed by atoms with van der Waals surface area (Å²) in [4.78, 5) is 13.1. The highest BCUT2D eigenvalue weighted by Gasteiger charge is 2.28. The first-order valence-corrected chi connectivity index (χ1v) is 11.5. The van der Waals surface area contributed by atoms with E-state index in [1.165, 1.54) is 5.01 Å². The molecule has 0 bridgehead atoms. The molecule has 4 rings (SSSR count). The molecule has 0 fully saturated rings. The number of benzene rings is 3. The number of carbonyl (C=O) groups excluding carboxylic acids is 1. The van der Waals surface area contributed by atoms with Crippen molar-refractivity contribution in [2.24, 2.45) is 5.10 Å². The van der Waals surface area contributed by atoms with Crippen molar-refractivity contribution in [1.82, 2.24) is 0 Å². The summed E-state index contributed by atoms with van der Waals surface area (Å²) in [5.74, 6) is 0.884. The minimum atomic E-state index is -0.189. The van der Waals surface area contributed by atoms with Crippen molar-refractivity contribution in [3.05, 3.63) is 93.5 Å². The van der Waals surface area contributed by atoms with Crippen molar-refractivity contribution in [1.29, 1.82) is 5.26 Å². The number of carbonyl (C=O) groups is 1. The summed E-state index contributed by atoms with van der Waals surface area (Å²) in [6.07, 6.45) is 1.80. The maximum Gasteiger partial charge on any atom is 0.280 e. The fraction of sp³-hybridized carbons (Fsp3) is 0.148. The number of rotatable bonds is 7. The third-order valence-electron chi connectivity index (χ3n) is 5.22. The van der Waals surface area contributed by atoms with E-state index in [0.717, 1.165) is 11.1 Å². The van der Waals surface area contributed by atoms with Crippen LogP contribution >= 0.6 is 15.9 Å². The Morgan fingerprint density at radius 1 is 1.09 bits per heavy atom. The van der Waals surface area contributed by atoms with Crippen LogP contribution in [-0.2, 0) is 11.4 Å².